The van der Waals surface area contributed by atoms with Crippen LogP contribution in [0.1, 0.15) is 35.1 Å². The number of hydrogen-bond acceptors (Lipinski definition) is 2. The van der Waals surface area contributed by atoms with Gasteiger partial charge in [-0.05, 0) is 47.9 Å². The highest BCUT2D eigenvalue weighted by atomic mass is 16.5. The first kappa shape index (κ1) is 27.2. The summed E-state index contributed by atoms with van der Waals surface area (Å²) in [4.78, 5) is 15.3. The van der Waals surface area contributed by atoms with Crippen molar-refractivity contribution in [1.29, 1.82) is 0 Å². The first-order valence-corrected chi connectivity index (χ1v) is 14.8. The lowest BCUT2D eigenvalue weighted by molar-refractivity contribution is -0.136. The Morgan fingerprint density at radius 1 is 0.561 bits per heavy atom. The highest BCUT2D eigenvalue weighted by molar-refractivity contribution is 5.95. The fraction of sp³-hybridized carbons (Fsp3) is 0.256. The van der Waals surface area contributed by atoms with Crippen molar-refractivity contribution in [3.05, 3.63) is 156 Å². The SMILES string of the molecule is O=C1[C@@](C/C=C/c2ccccc2)(Cc2ccccc2)C2COCC2[C@]1(C/C=C/c1ccccc1)Cc1ccccc1. The van der Waals surface area contributed by atoms with Crippen LogP contribution in [0.25, 0.3) is 12.2 Å². The molecule has 1 saturated carbocycles. The van der Waals surface area contributed by atoms with Crippen LogP contribution in [0.15, 0.2) is 133 Å². The molecule has 2 fully saturated rings. The van der Waals surface area contributed by atoms with E-state index in [2.05, 4.69) is 133 Å². The lowest BCUT2D eigenvalue weighted by atomic mass is 9.67. The van der Waals surface area contributed by atoms with Crippen molar-refractivity contribution in [3.8, 4) is 0 Å². The van der Waals surface area contributed by atoms with Gasteiger partial charge in [0.1, 0.15) is 5.78 Å². The van der Waals surface area contributed by atoms with Gasteiger partial charge in [0.2, 0.25) is 0 Å². The van der Waals surface area contributed by atoms with Crippen LogP contribution in [0.3, 0.4) is 0 Å². The molecule has 0 radical (unpaired) electrons. The summed E-state index contributed by atoms with van der Waals surface area (Å²) in [6.45, 7) is 1.28. The zero-order chi connectivity index (χ0) is 28.0. The molecule has 0 N–H and O–H groups in total. The molecule has 4 aromatic rings. The second-order valence-electron chi connectivity index (χ2n) is 11.8. The quantitative estimate of drug-likeness (QED) is 0.202. The maximum Gasteiger partial charge on any atom is 0.147 e. The van der Waals surface area contributed by atoms with E-state index in [-0.39, 0.29) is 11.8 Å². The Balaban J connectivity index is 1.43. The third-order valence-electron chi connectivity index (χ3n) is 9.31. The number of benzene rings is 4. The Morgan fingerprint density at radius 2 is 0.927 bits per heavy atom. The molecule has 0 amide bonds. The van der Waals surface area contributed by atoms with Crippen molar-refractivity contribution in [3.63, 3.8) is 0 Å². The smallest absolute Gasteiger partial charge is 0.147 e. The van der Waals surface area contributed by atoms with Crippen LogP contribution in [-0.4, -0.2) is 19.0 Å². The Kier molecular flexibility index (Phi) is 8.11. The summed E-state index contributed by atoms with van der Waals surface area (Å²) >= 11 is 0. The summed E-state index contributed by atoms with van der Waals surface area (Å²) in [6, 6.07) is 41.9. The molecule has 1 saturated heterocycles. The number of allylic oxidation sites excluding steroid dienone is 2. The lowest BCUT2D eigenvalue weighted by Crippen LogP contribution is -2.42. The molecule has 41 heavy (non-hydrogen) atoms. The predicted octanol–water partition coefficient (Wildman–Crippen LogP) is 8.50. The van der Waals surface area contributed by atoms with Gasteiger partial charge in [-0.3, -0.25) is 4.79 Å². The summed E-state index contributed by atoms with van der Waals surface area (Å²) in [5.74, 6) is 0.750. The average molecular weight is 539 g/mol. The van der Waals surface area contributed by atoms with Gasteiger partial charge in [-0.25, -0.2) is 0 Å². The Morgan fingerprint density at radius 3 is 1.32 bits per heavy atom. The number of carbonyl (C=O) groups excluding carboxylic acids is 1. The highest BCUT2D eigenvalue weighted by Gasteiger charge is 2.67. The van der Waals surface area contributed by atoms with E-state index in [1.54, 1.807) is 0 Å². The molecule has 2 unspecified atom stereocenters. The summed E-state index contributed by atoms with van der Waals surface area (Å²) in [6.07, 6.45) is 11.7. The maximum atomic E-state index is 15.3. The van der Waals surface area contributed by atoms with Crippen molar-refractivity contribution in [2.45, 2.75) is 25.7 Å². The maximum absolute atomic E-state index is 15.3. The third kappa shape index (κ3) is 5.62. The molecule has 2 heteroatoms. The van der Waals surface area contributed by atoms with E-state index in [0.717, 1.165) is 24.0 Å². The van der Waals surface area contributed by atoms with Crippen molar-refractivity contribution < 1.29 is 9.53 Å². The molecule has 0 spiro atoms. The van der Waals surface area contributed by atoms with E-state index in [4.69, 9.17) is 4.74 Å². The van der Waals surface area contributed by atoms with E-state index in [1.165, 1.54) is 11.1 Å². The average Bonchev–Trinajstić information content (AvgIpc) is 3.58. The van der Waals surface area contributed by atoms with Gasteiger partial charge in [-0.1, -0.05) is 146 Å². The second kappa shape index (κ2) is 12.2. The number of rotatable bonds is 10. The minimum Gasteiger partial charge on any atom is -0.381 e. The van der Waals surface area contributed by atoms with Gasteiger partial charge in [0.15, 0.2) is 0 Å². The van der Waals surface area contributed by atoms with Crippen LogP contribution in [0.5, 0.6) is 0 Å². The van der Waals surface area contributed by atoms with E-state index >= 15 is 4.79 Å². The van der Waals surface area contributed by atoms with Gasteiger partial charge >= 0.3 is 0 Å². The number of ether oxygens (including phenoxy) is 1. The van der Waals surface area contributed by atoms with Gasteiger partial charge in [0, 0.05) is 22.7 Å². The minimum absolute atomic E-state index is 0.171. The Bertz CT molecular complexity index is 1360. The lowest BCUT2D eigenvalue weighted by Gasteiger charge is -2.35. The monoisotopic (exact) mass is 538 g/mol. The molecule has 1 aliphatic carbocycles. The first-order valence-electron chi connectivity index (χ1n) is 14.8. The molecular formula is C39H38O2. The summed E-state index contributed by atoms with van der Waals surface area (Å²) in [5.41, 5.74) is 3.71. The summed E-state index contributed by atoms with van der Waals surface area (Å²) < 4.78 is 6.27. The zero-order valence-corrected chi connectivity index (χ0v) is 23.6. The van der Waals surface area contributed by atoms with Crippen molar-refractivity contribution in [1.82, 2.24) is 0 Å². The fourth-order valence-electron chi connectivity index (χ4n) is 7.39. The van der Waals surface area contributed by atoms with Crippen LogP contribution < -0.4 is 0 Å². The predicted molar refractivity (Wildman–Crippen MR) is 168 cm³/mol. The van der Waals surface area contributed by atoms with Crippen molar-refractivity contribution in [2.75, 3.05) is 13.2 Å². The molecule has 6 rings (SSSR count). The van der Waals surface area contributed by atoms with Crippen LogP contribution in [0.4, 0.5) is 0 Å². The number of ketones is 1. The van der Waals surface area contributed by atoms with Gasteiger partial charge in [0.05, 0.1) is 13.2 Å². The first-order chi connectivity index (χ1) is 20.2. The number of fused-ring (bicyclic) bond motifs is 1. The number of hydrogen-bond donors (Lipinski definition) is 0. The molecule has 1 heterocycles. The molecule has 2 nitrogen and oxygen atoms in total. The molecule has 0 bridgehead atoms. The molecule has 4 atom stereocenters. The molecular weight excluding hydrogens is 500 g/mol. The van der Waals surface area contributed by atoms with Crippen LogP contribution in [0.2, 0.25) is 0 Å². The van der Waals surface area contributed by atoms with Gasteiger partial charge in [-0.15, -0.1) is 0 Å². The molecule has 2 aliphatic rings. The number of Topliss-reactive ketones (excluding diaryl/α,β-unsaturated/α-hetero) is 1. The zero-order valence-electron chi connectivity index (χ0n) is 23.6. The fourth-order valence-corrected chi connectivity index (χ4v) is 7.39. The number of carbonyl (C=O) groups is 1. The topological polar surface area (TPSA) is 26.3 Å². The van der Waals surface area contributed by atoms with E-state index in [0.29, 0.717) is 31.8 Å². The minimum atomic E-state index is -0.525. The molecule has 1 aliphatic heterocycles. The van der Waals surface area contributed by atoms with Gasteiger partial charge in [0.25, 0.3) is 0 Å². The van der Waals surface area contributed by atoms with Crippen molar-refractivity contribution >= 4 is 17.9 Å². The largest absolute Gasteiger partial charge is 0.381 e. The highest BCUT2D eigenvalue weighted by Crippen LogP contribution is 2.62. The second-order valence-corrected chi connectivity index (χ2v) is 11.8. The van der Waals surface area contributed by atoms with Gasteiger partial charge in [-0.2, -0.15) is 0 Å². The van der Waals surface area contributed by atoms with Crippen LogP contribution in [-0.2, 0) is 22.4 Å². The van der Waals surface area contributed by atoms with Gasteiger partial charge < -0.3 is 4.74 Å². The Labute approximate surface area is 244 Å². The van der Waals surface area contributed by atoms with Crippen molar-refractivity contribution in [2.24, 2.45) is 22.7 Å². The summed E-state index contributed by atoms with van der Waals surface area (Å²) in [7, 11) is 0. The van der Waals surface area contributed by atoms with E-state index in [1.807, 2.05) is 12.1 Å². The normalized spacial score (nSPS) is 25.7. The van der Waals surface area contributed by atoms with Crippen LogP contribution in [0, 0.1) is 22.7 Å². The standard InChI is InChI=1S/C39H38O2/c40-37-38(27-33-19-9-3-10-20-33,25-13-23-31-15-5-1-6-16-31)35-29-41-30-36(35)39(37,28-34-21-11-4-12-22-34)26-14-24-32-17-7-2-8-18-32/h1-24,35-36H,25-30H2/b23-13+,24-14+/t35?,36?,38-,39-/m0/s1. The van der Waals surface area contributed by atoms with E-state index in [9.17, 15) is 0 Å². The summed E-state index contributed by atoms with van der Waals surface area (Å²) in [5, 5.41) is 0. The van der Waals surface area contributed by atoms with Crippen LogP contribution >= 0.6 is 0 Å². The third-order valence-corrected chi connectivity index (χ3v) is 9.31. The molecule has 0 aromatic heterocycles. The van der Waals surface area contributed by atoms with E-state index < -0.39 is 10.8 Å². The Hall–Kier alpha value is -4.01. The molecule has 4 aromatic carbocycles. The molecule has 206 valence electrons.